The van der Waals surface area contributed by atoms with Gasteiger partial charge in [-0.2, -0.15) is 0 Å². The van der Waals surface area contributed by atoms with Gasteiger partial charge in [0.15, 0.2) is 16.7 Å². The van der Waals surface area contributed by atoms with E-state index in [1.807, 2.05) is 25.1 Å². The standard InChI is InChI=1S/C21H14N2O5S/c1-11-6-7-12-15(10-11)29-21(22-12)23-17(13-4-2-8-27-13)16(19(25)20(23)26)18(24)14-5-3-9-28-14/h2-10,17,25H,1H3/t17-/m0/s1. The number of anilines is 1. The summed E-state index contributed by atoms with van der Waals surface area (Å²) in [5.74, 6) is -1.56. The van der Waals surface area contributed by atoms with Crippen molar-refractivity contribution in [2.45, 2.75) is 13.0 Å². The molecule has 3 aromatic heterocycles. The van der Waals surface area contributed by atoms with Crippen LogP contribution in [0.5, 0.6) is 0 Å². The highest BCUT2D eigenvalue weighted by Crippen LogP contribution is 2.44. The summed E-state index contributed by atoms with van der Waals surface area (Å²) >= 11 is 1.31. The summed E-state index contributed by atoms with van der Waals surface area (Å²) in [6.45, 7) is 1.97. The molecule has 1 amide bonds. The molecule has 4 heterocycles. The van der Waals surface area contributed by atoms with Crippen molar-refractivity contribution in [3.05, 3.63) is 83.4 Å². The van der Waals surface area contributed by atoms with E-state index in [-0.39, 0.29) is 11.3 Å². The summed E-state index contributed by atoms with van der Waals surface area (Å²) < 4.78 is 11.6. The molecule has 1 atom stereocenters. The zero-order valence-electron chi connectivity index (χ0n) is 15.2. The van der Waals surface area contributed by atoms with E-state index in [2.05, 4.69) is 4.98 Å². The molecular formula is C21H14N2O5S. The highest BCUT2D eigenvalue weighted by molar-refractivity contribution is 7.22. The van der Waals surface area contributed by atoms with Crippen molar-refractivity contribution in [2.75, 3.05) is 4.90 Å². The van der Waals surface area contributed by atoms with Gasteiger partial charge in [0, 0.05) is 0 Å². The van der Waals surface area contributed by atoms with E-state index < -0.39 is 23.5 Å². The van der Waals surface area contributed by atoms with E-state index in [1.54, 1.807) is 18.2 Å². The zero-order chi connectivity index (χ0) is 20.1. The van der Waals surface area contributed by atoms with E-state index in [0.29, 0.717) is 10.9 Å². The van der Waals surface area contributed by atoms with Crippen molar-refractivity contribution in [3.63, 3.8) is 0 Å². The fourth-order valence-electron chi connectivity index (χ4n) is 3.41. The van der Waals surface area contributed by atoms with Gasteiger partial charge in [-0.05, 0) is 48.9 Å². The van der Waals surface area contributed by atoms with Crippen molar-refractivity contribution < 1.29 is 23.5 Å². The largest absolute Gasteiger partial charge is 0.503 e. The van der Waals surface area contributed by atoms with Crippen LogP contribution < -0.4 is 4.90 Å². The molecule has 0 spiro atoms. The molecule has 1 aromatic carbocycles. The number of hydrogen-bond donors (Lipinski definition) is 1. The lowest BCUT2D eigenvalue weighted by molar-refractivity contribution is -0.117. The van der Waals surface area contributed by atoms with E-state index >= 15 is 0 Å². The third kappa shape index (κ3) is 2.68. The Bertz CT molecular complexity index is 1270. The second kappa shape index (κ2) is 6.46. The Kier molecular flexibility index (Phi) is 3.88. The Morgan fingerprint density at radius 3 is 2.69 bits per heavy atom. The highest BCUT2D eigenvalue weighted by Gasteiger charge is 2.47. The van der Waals surface area contributed by atoms with Gasteiger partial charge in [-0.1, -0.05) is 17.4 Å². The number of aromatic nitrogens is 1. The molecule has 0 aliphatic carbocycles. The van der Waals surface area contributed by atoms with Gasteiger partial charge < -0.3 is 13.9 Å². The normalized spacial score (nSPS) is 16.9. The summed E-state index contributed by atoms with van der Waals surface area (Å²) in [5, 5.41) is 11.0. The summed E-state index contributed by atoms with van der Waals surface area (Å²) in [6, 6.07) is 11.2. The number of ketones is 1. The first kappa shape index (κ1) is 17.4. The fourth-order valence-corrected chi connectivity index (χ4v) is 4.50. The first-order chi connectivity index (χ1) is 14.0. The number of carbonyl (C=O) groups is 2. The molecule has 1 N–H and O–H groups in total. The van der Waals surface area contributed by atoms with Gasteiger partial charge >= 0.3 is 0 Å². The number of furan rings is 2. The van der Waals surface area contributed by atoms with E-state index in [9.17, 15) is 14.7 Å². The molecule has 4 aromatic rings. The van der Waals surface area contributed by atoms with Crippen LogP contribution in [0.3, 0.4) is 0 Å². The first-order valence-corrected chi connectivity index (χ1v) is 9.61. The van der Waals surface area contributed by atoms with Crippen LogP contribution in [0, 0.1) is 6.92 Å². The van der Waals surface area contributed by atoms with Crippen LogP contribution in [0.15, 0.2) is 75.2 Å². The molecule has 5 rings (SSSR count). The summed E-state index contributed by atoms with van der Waals surface area (Å²) in [6.07, 6.45) is 2.81. The van der Waals surface area contributed by atoms with Gasteiger partial charge in [-0.3, -0.25) is 14.5 Å². The molecule has 0 fully saturated rings. The quantitative estimate of drug-likeness (QED) is 0.499. The Morgan fingerprint density at radius 1 is 1.17 bits per heavy atom. The number of fused-ring (bicyclic) bond motifs is 1. The monoisotopic (exact) mass is 406 g/mol. The van der Waals surface area contributed by atoms with Gasteiger partial charge in [0.1, 0.15) is 11.8 Å². The van der Waals surface area contributed by atoms with Gasteiger partial charge in [0.2, 0.25) is 5.78 Å². The molecular weight excluding hydrogens is 392 g/mol. The number of thiazole rings is 1. The maximum absolute atomic E-state index is 13.0. The Hall–Kier alpha value is -3.65. The minimum Gasteiger partial charge on any atom is -0.503 e. The van der Waals surface area contributed by atoms with Crippen molar-refractivity contribution in [3.8, 4) is 0 Å². The Balaban J connectivity index is 1.67. The Morgan fingerprint density at radius 2 is 1.97 bits per heavy atom. The highest BCUT2D eigenvalue weighted by atomic mass is 32.1. The lowest BCUT2D eigenvalue weighted by Crippen LogP contribution is -2.30. The van der Waals surface area contributed by atoms with Gasteiger partial charge in [-0.15, -0.1) is 0 Å². The smallest absolute Gasteiger partial charge is 0.296 e. The molecule has 1 aliphatic rings. The van der Waals surface area contributed by atoms with Gasteiger partial charge in [-0.25, -0.2) is 4.98 Å². The molecule has 1 aliphatic heterocycles. The third-order valence-electron chi connectivity index (χ3n) is 4.75. The zero-order valence-corrected chi connectivity index (χ0v) is 16.0. The minimum atomic E-state index is -0.947. The maximum Gasteiger partial charge on any atom is 0.296 e. The number of amides is 1. The molecule has 0 bridgehead atoms. The third-order valence-corrected chi connectivity index (χ3v) is 5.77. The van der Waals surface area contributed by atoms with Crippen LogP contribution in [0.4, 0.5) is 5.13 Å². The lowest BCUT2D eigenvalue weighted by atomic mass is 10.00. The topological polar surface area (TPSA) is 96.8 Å². The van der Waals surface area contributed by atoms with Crippen molar-refractivity contribution in [1.29, 1.82) is 0 Å². The van der Waals surface area contributed by atoms with Gasteiger partial charge in [0.25, 0.3) is 5.91 Å². The van der Waals surface area contributed by atoms with Crippen LogP contribution in [-0.2, 0) is 4.79 Å². The van der Waals surface area contributed by atoms with Crippen LogP contribution in [0.2, 0.25) is 0 Å². The second-order valence-electron chi connectivity index (χ2n) is 6.63. The van der Waals surface area contributed by atoms with Crippen LogP contribution in [0.25, 0.3) is 10.2 Å². The molecule has 0 radical (unpaired) electrons. The predicted molar refractivity (Wildman–Crippen MR) is 106 cm³/mol. The number of Topliss-reactive ketones (excluding diaryl/α,β-unsaturated/α-hetero) is 1. The van der Waals surface area contributed by atoms with E-state index in [4.69, 9.17) is 8.83 Å². The van der Waals surface area contributed by atoms with Crippen molar-refractivity contribution in [1.82, 2.24) is 4.98 Å². The average Bonchev–Trinajstić information content (AvgIpc) is 3.49. The number of benzene rings is 1. The van der Waals surface area contributed by atoms with Crippen molar-refractivity contribution in [2.24, 2.45) is 0 Å². The summed E-state index contributed by atoms with van der Waals surface area (Å²) in [4.78, 5) is 31.9. The van der Waals surface area contributed by atoms with Crippen LogP contribution in [-0.4, -0.2) is 21.8 Å². The number of nitrogens with zero attached hydrogens (tertiary/aromatic N) is 2. The first-order valence-electron chi connectivity index (χ1n) is 8.80. The molecule has 0 saturated heterocycles. The summed E-state index contributed by atoms with van der Waals surface area (Å²) in [7, 11) is 0. The minimum absolute atomic E-state index is 0.0256. The number of aliphatic hydroxyl groups excluding tert-OH is 1. The van der Waals surface area contributed by atoms with Crippen LogP contribution >= 0.6 is 11.3 Å². The SMILES string of the molecule is Cc1ccc2nc(N3C(=O)C(O)=C(C(=O)c4ccco4)[C@@H]3c3ccco3)sc2c1. The van der Waals surface area contributed by atoms with Gasteiger partial charge in [0.05, 0.1) is 28.3 Å². The number of carbonyl (C=O) groups excluding carboxylic acids is 2. The number of aliphatic hydroxyl groups is 1. The number of rotatable bonds is 4. The molecule has 0 unspecified atom stereocenters. The fraction of sp³-hybridized carbons (Fsp3) is 0.0952. The van der Waals surface area contributed by atoms with Crippen molar-refractivity contribution >= 4 is 38.4 Å². The molecule has 7 nitrogen and oxygen atoms in total. The molecule has 8 heteroatoms. The average molecular weight is 406 g/mol. The summed E-state index contributed by atoms with van der Waals surface area (Å²) in [5.41, 5.74) is 1.69. The second-order valence-corrected chi connectivity index (χ2v) is 7.64. The number of aryl methyl sites for hydroxylation is 1. The van der Waals surface area contributed by atoms with E-state index in [0.717, 1.165) is 15.8 Å². The predicted octanol–water partition coefficient (Wildman–Crippen LogP) is 4.57. The van der Waals surface area contributed by atoms with E-state index in [1.165, 1.54) is 34.8 Å². The molecule has 144 valence electrons. The molecule has 0 saturated carbocycles. The Labute approximate surface area is 168 Å². The lowest BCUT2D eigenvalue weighted by Gasteiger charge is -2.21. The maximum atomic E-state index is 13.0. The number of hydrogen-bond acceptors (Lipinski definition) is 7. The van der Waals surface area contributed by atoms with Crippen LogP contribution in [0.1, 0.15) is 27.9 Å². The molecule has 29 heavy (non-hydrogen) atoms.